The molecule has 0 N–H and O–H groups in total. The minimum atomic E-state index is -0.0868. The number of carbonyl (C=O) groups excluding carboxylic acids is 1. The Morgan fingerprint density at radius 3 is 2.14 bits per heavy atom. The van der Waals surface area contributed by atoms with Crippen LogP contribution in [0.3, 0.4) is 0 Å². The van der Waals surface area contributed by atoms with Crippen molar-refractivity contribution >= 4 is 5.97 Å². The molecule has 22 heavy (non-hydrogen) atoms. The molecule has 0 radical (unpaired) electrons. The maximum Gasteiger partial charge on any atom is 0.306 e. The Morgan fingerprint density at radius 2 is 1.59 bits per heavy atom. The van der Waals surface area contributed by atoms with Gasteiger partial charge >= 0.3 is 5.97 Å². The summed E-state index contributed by atoms with van der Waals surface area (Å²) in [4.78, 5) is 12.0. The van der Waals surface area contributed by atoms with E-state index in [2.05, 4.69) is 62.4 Å². The first kappa shape index (κ1) is 14.8. The van der Waals surface area contributed by atoms with Gasteiger partial charge in [-0.1, -0.05) is 68.8 Å². The molecule has 0 bridgehead atoms. The first-order chi connectivity index (χ1) is 10.7. The van der Waals surface area contributed by atoms with E-state index in [9.17, 15) is 4.79 Å². The number of hydrogen-bond acceptors (Lipinski definition) is 2. The van der Waals surface area contributed by atoms with Crippen molar-refractivity contribution in [3.05, 3.63) is 59.7 Å². The van der Waals surface area contributed by atoms with Gasteiger partial charge in [0.1, 0.15) is 6.61 Å². The maximum absolute atomic E-state index is 12.0. The Kier molecular flexibility index (Phi) is 4.28. The van der Waals surface area contributed by atoms with Crippen molar-refractivity contribution in [3.63, 3.8) is 0 Å². The van der Waals surface area contributed by atoms with Gasteiger partial charge in [-0.2, -0.15) is 0 Å². The minimum absolute atomic E-state index is 0.0868. The Labute approximate surface area is 132 Å². The molecule has 2 heteroatoms. The molecular formula is C20H22O2. The van der Waals surface area contributed by atoms with Gasteiger partial charge in [0.05, 0.1) is 0 Å². The van der Waals surface area contributed by atoms with Crippen LogP contribution in [-0.2, 0) is 9.53 Å². The van der Waals surface area contributed by atoms with Crippen molar-refractivity contribution in [1.29, 1.82) is 0 Å². The normalized spacial score (nSPS) is 14.3. The Hall–Kier alpha value is -2.09. The summed E-state index contributed by atoms with van der Waals surface area (Å²) in [5, 5.41) is 0. The van der Waals surface area contributed by atoms with Crippen molar-refractivity contribution in [2.45, 2.75) is 32.6 Å². The fraction of sp³-hybridized carbons (Fsp3) is 0.350. The number of benzene rings is 2. The fourth-order valence-corrected chi connectivity index (χ4v) is 3.10. The van der Waals surface area contributed by atoms with Gasteiger partial charge in [0.25, 0.3) is 0 Å². The van der Waals surface area contributed by atoms with Crippen LogP contribution < -0.4 is 0 Å². The van der Waals surface area contributed by atoms with E-state index in [0.29, 0.717) is 18.9 Å². The molecular weight excluding hydrogens is 272 g/mol. The molecule has 0 saturated carbocycles. The van der Waals surface area contributed by atoms with Gasteiger partial charge in [0.2, 0.25) is 0 Å². The molecule has 2 aromatic rings. The smallest absolute Gasteiger partial charge is 0.306 e. The van der Waals surface area contributed by atoms with E-state index in [1.807, 2.05) is 0 Å². The molecule has 114 valence electrons. The number of ether oxygens (including phenoxy) is 1. The molecule has 1 aliphatic carbocycles. The van der Waals surface area contributed by atoms with Gasteiger partial charge < -0.3 is 4.74 Å². The molecule has 1 unspecified atom stereocenters. The first-order valence-electron chi connectivity index (χ1n) is 8.04. The monoisotopic (exact) mass is 294 g/mol. The Morgan fingerprint density at radius 1 is 1.05 bits per heavy atom. The molecule has 0 aliphatic heterocycles. The van der Waals surface area contributed by atoms with E-state index in [1.165, 1.54) is 22.3 Å². The zero-order valence-corrected chi connectivity index (χ0v) is 13.2. The summed E-state index contributed by atoms with van der Waals surface area (Å²) in [6.07, 6.45) is 1.51. The Balaban J connectivity index is 1.78. The summed E-state index contributed by atoms with van der Waals surface area (Å²) in [5.41, 5.74) is 5.06. The third-order valence-corrected chi connectivity index (χ3v) is 4.59. The predicted molar refractivity (Wildman–Crippen MR) is 88.8 cm³/mol. The van der Waals surface area contributed by atoms with Crippen LogP contribution in [0.2, 0.25) is 0 Å². The highest BCUT2D eigenvalue weighted by atomic mass is 16.5. The lowest BCUT2D eigenvalue weighted by molar-refractivity contribution is -0.144. The van der Waals surface area contributed by atoms with Gasteiger partial charge in [-0.05, 0) is 28.2 Å². The molecule has 2 nitrogen and oxygen atoms in total. The first-order valence-corrected chi connectivity index (χ1v) is 8.04. The van der Waals surface area contributed by atoms with Crippen LogP contribution in [0.15, 0.2) is 48.5 Å². The van der Waals surface area contributed by atoms with Crippen molar-refractivity contribution in [2.75, 3.05) is 6.61 Å². The van der Waals surface area contributed by atoms with Gasteiger partial charge in [-0.15, -0.1) is 0 Å². The van der Waals surface area contributed by atoms with Crippen LogP contribution >= 0.6 is 0 Å². The highest BCUT2D eigenvalue weighted by Gasteiger charge is 2.28. The van der Waals surface area contributed by atoms with E-state index < -0.39 is 0 Å². The molecule has 2 aromatic carbocycles. The van der Waals surface area contributed by atoms with Gasteiger partial charge in [-0.25, -0.2) is 0 Å². The van der Waals surface area contributed by atoms with E-state index in [-0.39, 0.29) is 11.9 Å². The van der Waals surface area contributed by atoms with Crippen LogP contribution in [0.25, 0.3) is 11.1 Å². The second-order valence-electron chi connectivity index (χ2n) is 6.13. The summed E-state index contributed by atoms with van der Waals surface area (Å²) >= 11 is 0. The lowest BCUT2D eigenvalue weighted by Crippen LogP contribution is -2.14. The summed E-state index contributed by atoms with van der Waals surface area (Å²) in [6, 6.07) is 16.8. The number of carbonyl (C=O) groups is 1. The number of hydrogen-bond donors (Lipinski definition) is 0. The second-order valence-corrected chi connectivity index (χ2v) is 6.13. The van der Waals surface area contributed by atoms with Crippen molar-refractivity contribution in [2.24, 2.45) is 5.92 Å². The topological polar surface area (TPSA) is 26.3 Å². The zero-order valence-electron chi connectivity index (χ0n) is 13.2. The summed E-state index contributed by atoms with van der Waals surface area (Å²) in [5.74, 6) is 0.458. The average molecular weight is 294 g/mol. The average Bonchev–Trinajstić information content (AvgIpc) is 2.87. The summed E-state index contributed by atoms with van der Waals surface area (Å²) in [6.45, 7) is 4.62. The zero-order chi connectivity index (χ0) is 15.5. The molecule has 0 aromatic heterocycles. The van der Waals surface area contributed by atoms with E-state index in [4.69, 9.17) is 4.74 Å². The number of fused-ring (bicyclic) bond motifs is 3. The SMILES string of the molecule is CCC(C)CC(=O)OCC1c2ccccc2-c2ccccc21. The maximum atomic E-state index is 12.0. The molecule has 0 amide bonds. The van der Waals surface area contributed by atoms with Crippen LogP contribution in [0.5, 0.6) is 0 Å². The molecule has 0 fully saturated rings. The third kappa shape index (κ3) is 2.78. The van der Waals surface area contributed by atoms with E-state index in [0.717, 1.165) is 6.42 Å². The van der Waals surface area contributed by atoms with Crippen molar-refractivity contribution < 1.29 is 9.53 Å². The molecule has 0 spiro atoms. The van der Waals surface area contributed by atoms with Crippen molar-refractivity contribution in [1.82, 2.24) is 0 Å². The minimum Gasteiger partial charge on any atom is -0.465 e. The van der Waals surface area contributed by atoms with Crippen LogP contribution in [0, 0.1) is 5.92 Å². The van der Waals surface area contributed by atoms with Gasteiger partial charge in [0, 0.05) is 12.3 Å². The quantitative estimate of drug-likeness (QED) is 0.742. The largest absolute Gasteiger partial charge is 0.465 e. The predicted octanol–water partition coefficient (Wildman–Crippen LogP) is 4.78. The fourth-order valence-electron chi connectivity index (χ4n) is 3.10. The third-order valence-electron chi connectivity index (χ3n) is 4.59. The van der Waals surface area contributed by atoms with Crippen LogP contribution in [0.1, 0.15) is 43.7 Å². The number of rotatable bonds is 5. The summed E-state index contributed by atoms with van der Waals surface area (Å²) < 4.78 is 5.57. The standard InChI is InChI=1S/C20H22O2/c1-3-14(2)12-20(21)22-13-19-17-10-6-4-8-15(17)16-9-5-7-11-18(16)19/h4-11,14,19H,3,12-13H2,1-2H3. The van der Waals surface area contributed by atoms with Gasteiger partial charge in [-0.3, -0.25) is 4.79 Å². The second kappa shape index (κ2) is 6.35. The molecule has 1 atom stereocenters. The van der Waals surface area contributed by atoms with Crippen molar-refractivity contribution in [3.8, 4) is 11.1 Å². The van der Waals surface area contributed by atoms with Gasteiger partial charge in [0.15, 0.2) is 0 Å². The molecule has 1 aliphatic rings. The van der Waals surface area contributed by atoms with E-state index >= 15 is 0 Å². The highest BCUT2D eigenvalue weighted by Crippen LogP contribution is 2.44. The molecule has 3 rings (SSSR count). The molecule has 0 saturated heterocycles. The lowest BCUT2D eigenvalue weighted by Gasteiger charge is -2.15. The summed E-state index contributed by atoms with van der Waals surface area (Å²) in [7, 11) is 0. The van der Waals surface area contributed by atoms with Crippen LogP contribution in [0.4, 0.5) is 0 Å². The lowest BCUT2D eigenvalue weighted by atomic mass is 9.98. The highest BCUT2D eigenvalue weighted by molar-refractivity contribution is 5.79. The molecule has 0 heterocycles. The Bertz CT molecular complexity index is 629. The van der Waals surface area contributed by atoms with Crippen LogP contribution in [-0.4, -0.2) is 12.6 Å². The number of esters is 1. The van der Waals surface area contributed by atoms with E-state index in [1.54, 1.807) is 0 Å².